The summed E-state index contributed by atoms with van der Waals surface area (Å²) in [6.07, 6.45) is -2.93. The van der Waals surface area contributed by atoms with E-state index < -0.39 is 11.7 Å². The molecule has 3 heterocycles. The van der Waals surface area contributed by atoms with Gasteiger partial charge in [-0.15, -0.1) is 11.3 Å². The number of halogens is 3. The van der Waals surface area contributed by atoms with E-state index in [0.717, 1.165) is 17.7 Å². The van der Waals surface area contributed by atoms with E-state index in [1.165, 1.54) is 29.7 Å². The van der Waals surface area contributed by atoms with Crippen LogP contribution in [0.2, 0.25) is 0 Å². The van der Waals surface area contributed by atoms with E-state index in [2.05, 4.69) is 10.2 Å². The zero-order valence-corrected chi connectivity index (χ0v) is 17.7. The number of piperazine rings is 1. The maximum atomic E-state index is 12.8. The Labute approximate surface area is 186 Å². The molecule has 0 radical (unpaired) electrons. The number of amides is 2. The molecule has 1 aromatic carbocycles. The van der Waals surface area contributed by atoms with Crippen LogP contribution in [-0.4, -0.2) is 47.8 Å². The predicted molar refractivity (Wildman–Crippen MR) is 114 cm³/mol. The number of nitrogens with one attached hydrogen (secondary N) is 1. The van der Waals surface area contributed by atoms with Crippen LogP contribution in [0, 0.1) is 0 Å². The topological polar surface area (TPSA) is 65.8 Å². The first kappa shape index (κ1) is 22.1. The Morgan fingerprint density at radius 2 is 1.72 bits per heavy atom. The Hall–Kier alpha value is -3.11. The molecular formula is C22H20F3N3O3S. The lowest BCUT2D eigenvalue weighted by atomic mass is 10.1. The molecule has 1 aliphatic rings. The molecule has 1 aliphatic heterocycles. The number of nitrogens with zero attached hydrogens (tertiary/aromatic N) is 2. The smallest absolute Gasteiger partial charge is 0.416 e. The molecule has 0 bridgehead atoms. The van der Waals surface area contributed by atoms with E-state index in [-0.39, 0.29) is 17.6 Å². The number of hydrogen-bond acceptors (Lipinski definition) is 5. The third kappa shape index (κ3) is 5.20. The van der Waals surface area contributed by atoms with Gasteiger partial charge in [0.1, 0.15) is 0 Å². The van der Waals surface area contributed by atoms with Crippen molar-refractivity contribution in [1.82, 2.24) is 9.80 Å². The molecule has 0 spiro atoms. The average Bonchev–Trinajstić information content (AvgIpc) is 3.46. The lowest BCUT2D eigenvalue weighted by molar-refractivity contribution is -0.137. The Bertz CT molecular complexity index is 1070. The van der Waals surface area contributed by atoms with Crippen molar-refractivity contribution >= 4 is 28.2 Å². The zero-order chi connectivity index (χ0) is 22.7. The summed E-state index contributed by atoms with van der Waals surface area (Å²) in [7, 11) is 0. The van der Waals surface area contributed by atoms with Gasteiger partial charge in [0.05, 0.1) is 21.7 Å². The summed E-state index contributed by atoms with van der Waals surface area (Å²) < 4.78 is 43.1. The summed E-state index contributed by atoms with van der Waals surface area (Å²) in [5.74, 6) is -0.300. The largest absolute Gasteiger partial charge is 0.459 e. The Morgan fingerprint density at radius 3 is 2.34 bits per heavy atom. The summed E-state index contributed by atoms with van der Waals surface area (Å²) >= 11 is 1.20. The van der Waals surface area contributed by atoms with Crippen molar-refractivity contribution in [3.8, 4) is 0 Å². The van der Waals surface area contributed by atoms with Crippen LogP contribution >= 0.6 is 11.3 Å². The molecule has 0 aliphatic carbocycles. The highest BCUT2D eigenvalue weighted by atomic mass is 32.1. The van der Waals surface area contributed by atoms with Gasteiger partial charge in [-0.2, -0.15) is 13.2 Å². The number of rotatable bonds is 5. The number of benzene rings is 1. The highest BCUT2D eigenvalue weighted by Gasteiger charge is 2.30. The summed E-state index contributed by atoms with van der Waals surface area (Å²) in [5.41, 5.74) is 0.139. The Kier molecular flexibility index (Phi) is 6.33. The van der Waals surface area contributed by atoms with Gasteiger partial charge in [-0.25, -0.2) is 0 Å². The SMILES string of the molecule is O=C(Nc1ccc(C(=O)N2CCN(Cc3ccc(C(F)(F)F)cc3)CC2)s1)c1ccco1. The first-order chi connectivity index (χ1) is 15.3. The molecule has 1 saturated heterocycles. The van der Waals surface area contributed by atoms with Crippen molar-refractivity contribution in [3.63, 3.8) is 0 Å². The number of thiophene rings is 1. The molecule has 1 fully saturated rings. The zero-order valence-electron chi connectivity index (χ0n) is 16.9. The molecule has 168 valence electrons. The van der Waals surface area contributed by atoms with E-state index in [4.69, 9.17) is 4.42 Å². The highest BCUT2D eigenvalue weighted by Crippen LogP contribution is 2.29. The third-order valence-electron chi connectivity index (χ3n) is 5.15. The Balaban J connectivity index is 1.28. The maximum absolute atomic E-state index is 12.8. The van der Waals surface area contributed by atoms with Crippen molar-refractivity contribution in [2.24, 2.45) is 0 Å². The van der Waals surface area contributed by atoms with Crippen LogP contribution in [0.5, 0.6) is 0 Å². The number of carbonyl (C=O) groups excluding carboxylic acids is 2. The fraction of sp³-hybridized carbons (Fsp3) is 0.273. The minimum absolute atomic E-state index is 0.109. The summed E-state index contributed by atoms with van der Waals surface area (Å²) in [6.45, 7) is 2.82. The van der Waals surface area contributed by atoms with Crippen molar-refractivity contribution in [3.05, 3.63) is 76.6 Å². The summed E-state index contributed by atoms with van der Waals surface area (Å²) in [5, 5.41) is 3.26. The predicted octanol–water partition coefficient (Wildman–Crippen LogP) is 4.57. The second-order valence-electron chi connectivity index (χ2n) is 7.36. The second kappa shape index (κ2) is 9.17. The van der Waals surface area contributed by atoms with Crippen molar-refractivity contribution in [2.45, 2.75) is 12.7 Å². The fourth-order valence-electron chi connectivity index (χ4n) is 3.42. The van der Waals surface area contributed by atoms with Crippen molar-refractivity contribution in [1.29, 1.82) is 0 Å². The molecule has 32 heavy (non-hydrogen) atoms. The van der Waals surface area contributed by atoms with Gasteiger partial charge in [-0.05, 0) is 42.0 Å². The van der Waals surface area contributed by atoms with Crippen molar-refractivity contribution in [2.75, 3.05) is 31.5 Å². The molecule has 10 heteroatoms. The summed E-state index contributed by atoms with van der Waals surface area (Å²) in [4.78, 5) is 29.2. The van der Waals surface area contributed by atoms with Crippen LogP contribution in [0.3, 0.4) is 0 Å². The monoisotopic (exact) mass is 463 g/mol. The fourth-order valence-corrected chi connectivity index (χ4v) is 4.29. The lowest BCUT2D eigenvalue weighted by Crippen LogP contribution is -2.48. The normalized spacial score (nSPS) is 15.0. The van der Waals surface area contributed by atoms with Gasteiger partial charge in [0, 0.05) is 32.7 Å². The number of carbonyl (C=O) groups is 2. The van der Waals surface area contributed by atoms with E-state index in [1.54, 1.807) is 29.2 Å². The van der Waals surface area contributed by atoms with Gasteiger partial charge < -0.3 is 14.6 Å². The first-order valence-electron chi connectivity index (χ1n) is 9.92. The minimum atomic E-state index is -4.34. The van der Waals surface area contributed by atoms with Gasteiger partial charge >= 0.3 is 6.18 Å². The quantitative estimate of drug-likeness (QED) is 0.602. The molecule has 0 saturated carbocycles. The molecule has 2 amide bonds. The van der Waals surface area contributed by atoms with Gasteiger partial charge in [0.2, 0.25) is 0 Å². The minimum Gasteiger partial charge on any atom is -0.459 e. The van der Waals surface area contributed by atoms with Crippen molar-refractivity contribution < 1.29 is 27.2 Å². The Morgan fingerprint density at radius 1 is 1.00 bits per heavy atom. The van der Waals surface area contributed by atoms with Crippen LogP contribution in [0.4, 0.5) is 18.2 Å². The van der Waals surface area contributed by atoms with Crippen LogP contribution in [-0.2, 0) is 12.7 Å². The van der Waals surface area contributed by atoms with Gasteiger partial charge in [0.15, 0.2) is 5.76 Å². The van der Waals surface area contributed by atoms with Gasteiger partial charge in [-0.3, -0.25) is 14.5 Å². The molecule has 1 N–H and O–H groups in total. The van der Waals surface area contributed by atoms with Crippen LogP contribution in [0.1, 0.15) is 31.4 Å². The third-order valence-corrected chi connectivity index (χ3v) is 6.13. The average molecular weight is 463 g/mol. The van der Waals surface area contributed by atoms with E-state index >= 15 is 0 Å². The molecule has 0 unspecified atom stereocenters. The first-order valence-corrected chi connectivity index (χ1v) is 10.7. The molecule has 3 aromatic rings. The maximum Gasteiger partial charge on any atom is 0.416 e. The summed E-state index contributed by atoms with van der Waals surface area (Å²) in [6, 6.07) is 11.7. The second-order valence-corrected chi connectivity index (χ2v) is 8.44. The molecule has 2 aromatic heterocycles. The van der Waals surface area contributed by atoms with E-state index in [9.17, 15) is 22.8 Å². The van der Waals surface area contributed by atoms with Crippen LogP contribution in [0.25, 0.3) is 0 Å². The van der Waals surface area contributed by atoms with E-state index in [1.807, 2.05) is 0 Å². The lowest BCUT2D eigenvalue weighted by Gasteiger charge is -2.34. The molecular weight excluding hydrogens is 443 g/mol. The molecule has 6 nitrogen and oxygen atoms in total. The standard InChI is InChI=1S/C22H20F3N3O3S/c23-22(24,25)16-5-3-15(4-6-16)14-27-9-11-28(12-10-27)21(30)18-7-8-19(32-18)26-20(29)17-2-1-13-31-17/h1-8,13H,9-12,14H2,(H,26,29). The number of alkyl halides is 3. The number of hydrogen-bond donors (Lipinski definition) is 1. The molecule has 0 atom stereocenters. The van der Waals surface area contributed by atoms with Crippen LogP contribution in [0.15, 0.2) is 59.2 Å². The van der Waals surface area contributed by atoms with Crippen LogP contribution < -0.4 is 5.32 Å². The van der Waals surface area contributed by atoms with E-state index in [0.29, 0.717) is 42.6 Å². The number of furan rings is 1. The van der Waals surface area contributed by atoms with Gasteiger partial charge in [-0.1, -0.05) is 12.1 Å². The van der Waals surface area contributed by atoms with Gasteiger partial charge in [0.25, 0.3) is 11.8 Å². The highest BCUT2D eigenvalue weighted by molar-refractivity contribution is 7.18. The molecule has 4 rings (SSSR count). The number of anilines is 1.